The maximum absolute atomic E-state index is 13.2. The number of allylic oxidation sites excluding steroid dienone is 5. The molecular weight excluding hydrogens is 482 g/mol. The Morgan fingerprint density at radius 2 is 1.61 bits per heavy atom. The summed E-state index contributed by atoms with van der Waals surface area (Å²) < 4.78 is 79.3. The van der Waals surface area contributed by atoms with Crippen molar-refractivity contribution >= 4 is 0 Å². The summed E-state index contributed by atoms with van der Waals surface area (Å²) in [5.41, 5.74) is -1.47. The SMILES string of the molecule is C=C1CC[C@H](O)C/C1=C\C=C1/CCC[C@]2(C)[C@@H]([C@H](C)/C=C/[C@H](C)C(O)(C(F)(F)F)C(F)(F)F)CC[C@@H]12. The van der Waals surface area contributed by atoms with Crippen LogP contribution in [0.15, 0.2) is 47.6 Å². The topological polar surface area (TPSA) is 40.5 Å². The number of hydrogen-bond acceptors (Lipinski definition) is 2. The Balaban J connectivity index is 1.78. The normalized spacial score (nSPS) is 34.4. The van der Waals surface area contributed by atoms with Crippen LogP contribution in [-0.4, -0.2) is 34.3 Å². The van der Waals surface area contributed by atoms with Gasteiger partial charge in [0.05, 0.1) is 6.10 Å². The van der Waals surface area contributed by atoms with E-state index in [4.69, 9.17) is 0 Å². The summed E-state index contributed by atoms with van der Waals surface area (Å²) in [5, 5.41) is 19.7. The molecule has 3 saturated carbocycles. The summed E-state index contributed by atoms with van der Waals surface area (Å²) in [7, 11) is 0. The number of rotatable bonds is 5. The molecule has 8 heteroatoms. The molecule has 3 rings (SSSR count). The largest absolute Gasteiger partial charge is 0.426 e. The molecule has 2 nitrogen and oxygen atoms in total. The molecule has 3 aliphatic carbocycles. The predicted molar refractivity (Wildman–Crippen MR) is 128 cm³/mol. The van der Waals surface area contributed by atoms with Gasteiger partial charge in [0.2, 0.25) is 0 Å². The lowest BCUT2D eigenvalue weighted by molar-refractivity contribution is -0.378. The molecule has 3 aliphatic rings. The molecule has 0 aromatic rings. The fraction of sp³-hybridized carbons (Fsp3) is 0.714. The Labute approximate surface area is 209 Å². The van der Waals surface area contributed by atoms with E-state index >= 15 is 0 Å². The number of halogens is 6. The number of aliphatic hydroxyl groups excluding tert-OH is 1. The Hall–Kier alpha value is -1.54. The summed E-state index contributed by atoms with van der Waals surface area (Å²) in [6.45, 7) is 8.91. The first-order chi connectivity index (χ1) is 16.5. The third kappa shape index (κ3) is 5.35. The molecule has 0 aromatic heterocycles. The molecule has 6 atom stereocenters. The van der Waals surface area contributed by atoms with Crippen LogP contribution in [-0.2, 0) is 0 Å². The molecule has 0 saturated heterocycles. The first-order valence-corrected chi connectivity index (χ1v) is 12.8. The van der Waals surface area contributed by atoms with Crippen LogP contribution in [0.25, 0.3) is 0 Å². The van der Waals surface area contributed by atoms with E-state index < -0.39 is 23.9 Å². The number of aliphatic hydroxyl groups is 2. The van der Waals surface area contributed by atoms with Gasteiger partial charge in [-0.1, -0.05) is 62.8 Å². The van der Waals surface area contributed by atoms with E-state index in [0.717, 1.165) is 69.1 Å². The fourth-order valence-electron chi connectivity index (χ4n) is 6.83. The third-order valence-corrected chi connectivity index (χ3v) is 9.09. The van der Waals surface area contributed by atoms with E-state index in [1.807, 2.05) is 6.92 Å². The second-order valence-corrected chi connectivity index (χ2v) is 11.3. The lowest BCUT2D eigenvalue weighted by Crippen LogP contribution is -2.60. The minimum atomic E-state index is -5.83. The summed E-state index contributed by atoms with van der Waals surface area (Å²) >= 11 is 0. The van der Waals surface area contributed by atoms with Crippen LogP contribution >= 0.6 is 0 Å². The van der Waals surface area contributed by atoms with Gasteiger partial charge in [-0.05, 0) is 80.1 Å². The van der Waals surface area contributed by atoms with Crippen molar-refractivity contribution in [2.24, 2.45) is 29.1 Å². The van der Waals surface area contributed by atoms with Gasteiger partial charge >= 0.3 is 12.4 Å². The van der Waals surface area contributed by atoms with Gasteiger partial charge in [0.15, 0.2) is 0 Å². The fourth-order valence-corrected chi connectivity index (χ4v) is 6.83. The lowest BCUT2D eigenvalue weighted by Gasteiger charge is -2.44. The summed E-state index contributed by atoms with van der Waals surface area (Å²) in [6, 6.07) is 0. The smallest absolute Gasteiger partial charge is 0.393 e. The highest BCUT2D eigenvalue weighted by atomic mass is 19.4. The van der Waals surface area contributed by atoms with Gasteiger partial charge in [-0.25, -0.2) is 0 Å². The zero-order valence-electron chi connectivity index (χ0n) is 21.2. The average molecular weight is 521 g/mol. The molecule has 0 unspecified atom stereocenters. The van der Waals surface area contributed by atoms with Gasteiger partial charge in [-0.15, -0.1) is 0 Å². The molecule has 0 radical (unpaired) electrons. The van der Waals surface area contributed by atoms with Gasteiger partial charge in [0.1, 0.15) is 0 Å². The van der Waals surface area contributed by atoms with Gasteiger partial charge in [0, 0.05) is 5.92 Å². The van der Waals surface area contributed by atoms with E-state index in [0.29, 0.717) is 12.3 Å². The Morgan fingerprint density at radius 3 is 2.22 bits per heavy atom. The maximum Gasteiger partial charge on any atom is 0.426 e. The average Bonchev–Trinajstić information content (AvgIpc) is 3.13. The summed E-state index contributed by atoms with van der Waals surface area (Å²) in [4.78, 5) is 0. The van der Waals surface area contributed by atoms with Crippen molar-refractivity contribution in [1.29, 1.82) is 0 Å². The van der Waals surface area contributed by atoms with Gasteiger partial charge in [0.25, 0.3) is 5.60 Å². The third-order valence-electron chi connectivity index (χ3n) is 9.09. The highest BCUT2D eigenvalue weighted by Gasteiger charge is 2.72. The van der Waals surface area contributed by atoms with Crippen LogP contribution in [0.3, 0.4) is 0 Å². The standard InChI is InChI=1S/C28H38F6O2/c1-17-8-12-22(35)16-21(17)11-10-20-6-5-15-25(4)23(13-14-24(20)25)18(2)7-9-19(3)26(36,27(29,30)31)28(32,33)34/h7,9-11,18-19,22-24,35-36H,1,5-6,8,12-16H2,2-4H3/b9-7+,20-10+,21-11+/t18-,19+,22+,23-,24+,25-/m1/s1. The molecule has 204 valence electrons. The Morgan fingerprint density at radius 1 is 0.972 bits per heavy atom. The molecule has 2 N–H and O–H groups in total. The van der Waals surface area contributed by atoms with Crippen molar-refractivity contribution in [2.75, 3.05) is 0 Å². The van der Waals surface area contributed by atoms with E-state index in [9.17, 15) is 36.6 Å². The molecule has 0 aliphatic heterocycles. The minimum absolute atomic E-state index is 0.108. The quantitative estimate of drug-likeness (QED) is 0.286. The first-order valence-electron chi connectivity index (χ1n) is 12.8. The second-order valence-electron chi connectivity index (χ2n) is 11.3. The van der Waals surface area contributed by atoms with Crippen LogP contribution in [0.4, 0.5) is 26.3 Å². The molecule has 0 amide bonds. The molecule has 3 fully saturated rings. The second kappa shape index (κ2) is 10.3. The first kappa shape index (κ1) is 29.0. The Bertz CT molecular complexity index is 898. The van der Waals surface area contributed by atoms with E-state index in [-0.39, 0.29) is 23.4 Å². The van der Waals surface area contributed by atoms with Gasteiger partial charge in [-0.3, -0.25) is 0 Å². The van der Waals surface area contributed by atoms with E-state index in [1.54, 1.807) is 0 Å². The van der Waals surface area contributed by atoms with Gasteiger partial charge < -0.3 is 10.2 Å². The molecule has 0 spiro atoms. The number of fused-ring (bicyclic) bond motifs is 1. The van der Waals surface area contributed by atoms with Gasteiger partial charge in [-0.2, -0.15) is 26.3 Å². The van der Waals surface area contributed by atoms with Crippen molar-refractivity contribution in [2.45, 2.75) is 96.2 Å². The van der Waals surface area contributed by atoms with Crippen molar-refractivity contribution in [3.8, 4) is 0 Å². The predicted octanol–water partition coefficient (Wildman–Crippen LogP) is 7.84. The van der Waals surface area contributed by atoms with Crippen molar-refractivity contribution in [1.82, 2.24) is 0 Å². The molecule has 36 heavy (non-hydrogen) atoms. The zero-order valence-corrected chi connectivity index (χ0v) is 21.2. The molecular formula is C28H38F6O2. The van der Waals surface area contributed by atoms with Crippen LogP contribution < -0.4 is 0 Å². The van der Waals surface area contributed by atoms with Crippen molar-refractivity contribution < 1.29 is 36.6 Å². The number of alkyl halides is 6. The molecule has 0 heterocycles. The highest BCUT2D eigenvalue weighted by molar-refractivity contribution is 5.36. The van der Waals surface area contributed by atoms with Crippen LogP contribution in [0.1, 0.15) is 72.1 Å². The van der Waals surface area contributed by atoms with Crippen LogP contribution in [0.2, 0.25) is 0 Å². The lowest BCUT2D eigenvalue weighted by atomic mass is 9.61. The minimum Gasteiger partial charge on any atom is -0.393 e. The highest BCUT2D eigenvalue weighted by Crippen LogP contribution is 2.59. The van der Waals surface area contributed by atoms with E-state index in [1.165, 1.54) is 11.6 Å². The monoisotopic (exact) mass is 520 g/mol. The van der Waals surface area contributed by atoms with Crippen molar-refractivity contribution in [3.05, 3.63) is 47.6 Å². The summed E-state index contributed by atoms with van der Waals surface area (Å²) in [5.74, 6) is -2.00. The summed E-state index contributed by atoms with van der Waals surface area (Å²) in [6.07, 6.45) is 1.24. The maximum atomic E-state index is 13.2. The molecule has 0 bridgehead atoms. The molecule has 0 aromatic carbocycles. The van der Waals surface area contributed by atoms with E-state index in [2.05, 4.69) is 25.7 Å². The Kier molecular flexibility index (Phi) is 8.32. The zero-order chi connectivity index (χ0) is 27.1. The van der Waals surface area contributed by atoms with Crippen LogP contribution in [0, 0.1) is 29.1 Å². The van der Waals surface area contributed by atoms with Crippen molar-refractivity contribution in [3.63, 3.8) is 0 Å². The van der Waals surface area contributed by atoms with Crippen LogP contribution in [0.5, 0.6) is 0 Å². The number of hydrogen-bond donors (Lipinski definition) is 2.